The Bertz CT molecular complexity index is 435. The fourth-order valence-electron chi connectivity index (χ4n) is 1.25. The summed E-state index contributed by atoms with van der Waals surface area (Å²) in [5.41, 5.74) is 2.14. The molecule has 5 heteroatoms. The molecule has 0 bridgehead atoms. The van der Waals surface area contributed by atoms with E-state index in [1.54, 1.807) is 12.4 Å². The van der Waals surface area contributed by atoms with E-state index < -0.39 is 0 Å². The summed E-state index contributed by atoms with van der Waals surface area (Å²) in [6.07, 6.45) is 3.58. The Balaban J connectivity index is 1.99. The average Bonchev–Trinajstić information content (AvgIpc) is 2.63. The number of aromatic nitrogens is 3. The fourth-order valence-corrected chi connectivity index (χ4v) is 1.48. The Hall–Kier alpha value is -1.36. The van der Waals surface area contributed by atoms with Gasteiger partial charge in [0.15, 0.2) is 0 Å². The summed E-state index contributed by atoms with van der Waals surface area (Å²) in [5.74, 6) is 0. The third-order valence-corrected chi connectivity index (χ3v) is 2.59. The van der Waals surface area contributed by atoms with Crippen molar-refractivity contribution in [3.63, 3.8) is 0 Å². The number of anilines is 1. The Kier molecular flexibility index (Phi) is 3.01. The molecule has 0 aliphatic rings. The number of halogens is 1. The Morgan fingerprint density at radius 1 is 1.40 bits per heavy atom. The monoisotopic (exact) mass is 266 g/mol. The molecule has 0 aromatic carbocycles. The minimum Gasteiger partial charge on any atom is -0.378 e. The van der Waals surface area contributed by atoms with Gasteiger partial charge in [-0.1, -0.05) is 0 Å². The van der Waals surface area contributed by atoms with Crippen LogP contribution in [0, 0.1) is 0 Å². The molecule has 0 radical (unpaired) electrons. The summed E-state index contributed by atoms with van der Waals surface area (Å²) in [4.78, 5) is 4.13. The van der Waals surface area contributed by atoms with Crippen LogP contribution in [0.25, 0.3) is 0 Å². The van der Waals surface area contributed by atoms with Crippen molar-refractivity contribution in [2.45, 2.75) is 6.54 Å². The summed E-state index contributed by atoms with van der Waals surface area (Å²) in [6.45, 7) is 0.750. The van der Waals surface area contributed by atoms with Gasteiger partial charge in [-0.05, 0) is 34.1 Å². The summed E-state index contributed by atoms with van der Waals surface area (Å²) in [7, 11) is 1.93. The van der Waals surface area contributed by atoms with Gasteiger partial charge in [-0.25, -0.2) is 4.98 Å². The van der Waals surface area contributed by atoms with Gasteiger partial charge in [-0.15, -0.1) is 0 Å². The minimum absolute atomic E-state index is 0.750. The molecule has 0 unspecified atom stereocenters. The molecular formula is C10H11BrN4. The SMILES string of the molecule is Cn1nccc1CNc1ccc(Br)nc1. The van der Waals surface area contributed by atoms with Crippen molar-refractivity contribution in [1.29, 1.82) is 0 Å². The second-order valence-corrected chi connectivity index (χ2v) is 3.98. The molecule has 2 aromatic heterocycles. The van der Waals surface area contributed by atoms with Crippen LogP contribution < -0.4 is 5.32 Å². The van der Waals surface area contributed by atoms with Gasteiger partial charge in [-0.2, -0.15) is 5.10 Å². The predicted molar refractivity (Wildman–Crippen MR) is 62.5 cm³/mol. The van der Waals surface area contributed by atoms with Crippen LogP contribution in [0.4, 0.5) is 5.69 Å². The maximum atomic E-state index is 4.13. The molecular weight excluding hydrogens is 256 g/mol. The lowest BCUT2D eigenvalue weighted by Gasteiger charge is -2.05. The van der Waals surface area contributed by atoms with Gasteiger partial charge >= 0.3 is 0 Å². The van der Waals surface area contributed by atoms with E-state index in [0.717, 1.165) is 22.5 Å². The van der Waals surface area contributed by atoms with Crippen LogP contribution in [0.1, 0.15) is 5.69 Å². The quantitative estimate of drug-likeness (QED) is 0.867. The fraction of sp³-hybridized carbons (Fsp3) is 0.200. The highest BCUT2D eigenvalue weighted by Gasteiger charge is 1.98. The van der Waals surface area contributed by atoms with Crippen LogP contribution >= 0.6 is 15.9 Å². The van der Waals surface area contributed by atoms with Crippen molar-refractivity contribution >= 4 is 21.6 Å². The first-order valence-corrected chi connectivity index (χ1v) is 5.37. The van der Waals surface area contributed by atoms with Gasteiger partial charge in [0.05, 0.1) is 24.1 Å². The van der Waals surface area contributed by atoms with E-state index in [1.807, 2.05) is 29.9 Å². The number of nitrogens with zero attached hydrogens (tertiary/aromatic N) is 3. The topological polar surface area (TPSA) is 42.7 Å². The van der Waals surface area contributed by atoms with Gasteiger partial charge in [-0.3, -0.25) is 4.68 Å². The first-order valence-electron chi connectivity index (χ1n) is 4.58. The highest BCUT2D eigenvalue weighted by molar-refractivity contribution is 9.10. The Morgan fingerprint density at radius 3 is 2.87 bits per heavy atom. The van der Waals surface area contributed by atoms with Crippen LogP contribution in [-0.4, -0.2) is 14.8 Å². The molecule has 0 saturated carbocycles. The van der Waals surface area contributed by atoms with Crippen molar-refractivity contribution < 1.29 is 0 Å². The molecule has 2 heterocycles. The zero-order valence-corrected chi connectivity index (χ0v) is 9.90. The molecule has 0 aliphatic heterocycles. The van der Waals surface area contributed by atoms with Crippen LogP contribution in [0.15, 0.2) is 35.2 Å². The number of aryl methyl sites for hydroxylation is 1. The Labute approximate surface area is 96.5 Å². The van der Waals surface area contributed by atoms with Gasteiger partial charge in [0.2, 0.25) is 0 Å². The van der Waals surface area contributed by atoms with E-state index in [1.165, 1.54) is 0 Å². The molecule has 15 heavy (non-hydrogen) atoms. The maximum absolute atomic E-state index is 4.13. The number of hydrogen-bond acceptors (Lipinski definition) is 3. The summed E-state index contributed by atoms with van der Waals surface area (Å²) in [5, 5.41) is 7.37. The molecule has 0 atom stereocenters. The van der Waals surface area contributed by atoms with E-state index in [0.29, 0.717) is 0 Å². The van der Waals surface area contributed by atoms with Gasteiger partial charge in [0, 0.05) is 13.2 Å². The smallest absolute Gasteiger partial charge is 0.106 e. The molecule has 4 nitrogen and oxygen atoms in total. The lowest BCUT2D eigenvalue weighted by molar-refractivity contribution is 0.720. The normalized spacial score (nSPS) is 10.3. The average molecular weight is 267 g/mol. The van der Waals surface area contributed by atoms with Crippen LogP contribution in [0.3, 0.4) is 0 Å². The first-order chi connectivity index (χ1) is 7.25. The van der Waals surface area contributed by atoms with E-state index in [-0.39, 0.29) is 0 Å². The second kappa shape index (κ2) is 4.44. The molecule has 2 rings (SSSR count). The van der Waals surface area contributed by atoms with Crippen LogP contribution in [-0.2, 0) is 13.6 Å². The van der Waals surface area contributed by atoms with Crippen LogP contribution in [0.5, 0.6) is 0 Å². The van der Waals surface area contributed by atoms with Crippen molar-refractivity contribution in [3.8, 4) is 0 Å². The van der Waals surface area contributed by atoms with Crippen molar-refractivity contribution in [1.82, 2.24) is 14.8 Å². The minimum atomic E-state index is 0.750. The molecule has 0 fully saturated rings. The molecule has 0 aliphatic carbocycles. The van der Waals surface area contributed by atoms with Gasteiger partial charge in [0.1, 0.15) is 4.60 Å². The molecule has 78 valence electrons. The zero-order valence-electron chi connectivity index (χ0n) is 8.31. The van der Waals surface area contributed by atoms with Gasteiger partial charge in [0.25, 0.3) is 0 Å². The summed E-state index contributed by atoms with van der Waals surface area (Å²) < 4.78 is 2.69. The highest BCUT2D eigenvalue weighted by atomic mass is 79.9. The molecule has 0 saturated heterocycles. The van der Waals surface area contributed by atoms with Gasteiger partial charge < -0.3 is 5.32 Å². The molecule has 0 spiro atoms. The van der Waals surface area contributed by atoms with E-state index >= 15 is 0 Å². The van der Waals surface area contributed by atoms with Crippen LogP contribution in [0.2, 0.25) is 0 Å². The summed E-state index contributed by atoms with van der Waals surface area (Å²) in [6, 6.07) is 5.87. The standard InChI is InChI=1S/C10H11BrN4/c1-15-9(4-5-14-15)7-12-8-2-3-10(11)13-6-8/h2-6,12H,7H2,1H3. The highest BCUT2D eigenvalue weighted by Crippen LogP contribution is 2.11. The van der Waals surface area contributed by atoms with Crippen molar-refractivity contribution in [2.24, 2.45) is 7.05 Å². The third kappa shape index (κ3) is 2.56. The molecule has 0 amide bonds. The lowest BCUT2D eigenvalue weighted by Crippen LogP contribution is -2.05. The van der Waals surface area contributed by atoms with E-state index in [4.69, 9.17) is 0 Å². The summed E-state index contributed by atoms with van der Waals surface area (Å²) >= 11 is 3.29. The van der Waals surface area contributed by atoms with Crippen molar-refractivity contribution in [2.75, 3.05) is 5.32 Å². The number of rotatable bonds is 3. The zero-order chi connectivity index (χ0) is 10.7. The van der Waals surface area contributed by atoms with E-state index in [2.05, 4.69) is 31.3 Å². The molecule has 2 aromatic rings. The lowest BCUT2D eigenvalue weighted by atomic mass is 10.4. The number of hydrogen-bond donors (Lipinski definition) is 1. The largest absolute Gasteiger partial charge is 0.378 e. The second-order valence-electron chi connectivity index (χ2n) is 3.17. The van der Waals surface area contributed by atoms with Crippen molar-refractivity contribution in [3.05, 3.63) is 40.9 Å². The number of pyridine rings is 1. The maximum Gasteiger partial charge on any atom is 0.106 e. The predicted octanol–water partition coefficient (Wildman–Crippen LogP) is 2.19. The first kappa shape index (κ1) is 10.2. The van der Waals surface area contributed by atoms with E-state index in [9.17, 15) is 0 Å². The Morgan fingerprint density at radius 2 is 2.27 bits per heavy atom. The molecule has 1 N–H and O–H groups in total. The third-order valence-electron chi connectivity index (χ3n) is 2.12. The number of nitrogens with one attached hydrogen (secondary N) is 1.